The normalized spacial score (nSPS) is 15.9. The number of hydrogen-bond donors (Lipinski definition) is 1. The molecule has 9 heteroatoms. The summed E-state index contributed by atoms with van der Waals surface area (Å²) >= 11 is 5.99. The number of halogens is 1. The largest absolute Gasteiger partial charge is 0.491 e. The Balaban J connectivity index is 1.54. The van der Waals surface area contributed by atoms with Gasteiger partial charge in [-0.15, -0.1) is 0 Å². The van der Waals surface area contributed by atoms with Gasteiger partial charge in [0.15, 0.2) is 6.10 Å². The molecule has 1 atom stereocenters. The Morgan fingerprint density at radius 2 is 1.97 bits per heavy atom. The number of sulfonamides is 1. The molecule has 1 heterocycles. The van der Waals surface area contributed by atoms with Gasteiger partial charge >= 0.3 is 0 Å². The number of aryl methyl sites for hydroxylation is 1. The monoisotopic (exact) mass is 466 g/mol. The van der Waals surface area contributed by atoms with E-state index in [1.807, 2.05) is 38.1 Å². The summed E-state index contributed by atoms with van der Waals surface area (Å²) in [7, 11) is -3.59. The van der Waals surface area contributed by atoms with Crippen LogP contribution in [0.2, 0.25) is 5.02 Å². The van der Waals surface area contributed by atoms with Crippen LogP contribution in [0.15, 0.2) is 42.5 Å². The fourth-order valence-corrected chi connectivity index (χ4v) is 4.37. The lowest BCUT2D eigenvalue weighted by Gasteiger charge is -2.34. The SMILES string of the molecule is CC(C)Oc1ccc(CCCNC(=O)[C@@H]2CN(S(C)(=O)=O)c3cc(Cl)ccc3O2)cc1. The van der Waals surface area contributed by atoms with Crippen molar-refractivity contribution in [3.8, 4) is 11.5 Å². The zero-order chi connectivity index (χ0) is 22.6. The van der Waals surface area contributed by atoms with Gasteiger partial charge in [0, 0.05) is 11.6 Å². The van der Waals surface area contributed by atoms with Crippen LogP contribution in [0, 0.1) is 0 Å². The van der Waals surface area contributed by atoms with Gasteiger partial charge < -0.3 is 14.8 Å². The minimum absolute atomic E-state index is 0.102. The first kappa shape index (κ1) is 23.2. The average Bonchev–Trinajstić information content (AvgIpc) is 2.70. The molecule has 0 spiro atoms. The lowest BCUT2D eigenvalue weighted by atomic mass is 10.1. The number of fused-ring (bicyclic) bond motifs is 1. The van der Waals surface area contributed by atoms with Gasteiger partial charge in [0.05, 0.1) is 24.6 Å². The summed E-state index contributed by atoms with van der Waals surface area (Å²) in [6, 6.07) is 12.6. The smallest absolute Gasteiger partial charge is 0.263 e. The summed E-state index contributed by atoms with van der Waals surface area (Å²) in [6.45, 7) is 4.32. The quantitative estimate of drug-likeness (QED) is 0.602. The highest BCUT2D eigenvalue weighted by Gasteiger charge is 2.35. The Morgan fingerprint density at radius 1 is 1.26 bits per heavy atom. The van der Waals surface area contributed by atoms with Crippen LogP contribution in [0.1, 0.15) is 25.8 Å². The number of nitrogens with zero attached hydrogens (tertiary/aromatic N) is 1. The lowest BCUT2D eigenvalue weighted by molar-refractivity contribution is -0.127. The fourth-order valence-electron chi connectivity index (χ4n) is 3.30. The van der Waals surface area contributed by atoms with Crippen LogP contribution in [-0.4, -0.2) is 45.9 Å². The number of carbonyl (C=O) groups is 1. The molecule has 0 aromatic heterocycles. The van der Waals surface area contributed by atoms with Crippen molar-refractivity contribution < 1.29 is 22.7 Å². The number of rotatable bonds is 8. The topological polar surface area (TPSA) is 84.9 Å². The van der Waals surface area contributed by atoms with E-state index in [9.17, 15) is 13.2 Å². The number of nitrogens with one attached hydrogen (secondary N) is 1. The molecule has 0 unspecified atom stereocenters. The van der Waals surface area contributed by atoms with Crippen LogP contribution in [0.5, 0.6) is 11.5 Å². The van der Waals surface area contributed by atoms with E-state index in [0.29, 0.717) is 23.0 Å². The van der Waals surface area contributed by atoms with Gasteiger partial charge in [-0.05, 0) is 62.6 Å². The van der Waals surface area contributed by atoms with Gasteiger partial charge in [0.25, 0.3) is 5.91 Å². The standard InChI is InChI=1S/C22H27ClN2O5S/c1-15(2)29-18-9-6-16(7-10-18)5-4-12-24-22(26)21-14-25(31(3,27)28)19-13-17(23)8-11-20(19)30-21/h6-11,13,15,21H,4-5,12,14H2,1-3H3,(H,24,26)/t21-/m0/s1. The van der Waals surface area contributed by atoms with Crippen molar-refractivity contribution in [2.75, 3.05) is 23.7 Å². The summed E-state index contributed by atoms with van der Waals surface area (Å²) in [4.78, 5) is 12.6. The van der Waals surface area contributed by atoms with Crippen molar-refractivity contribution in [3.05, 3.63) is 53.1 Å². The van der Waals surface area contributed by atoms with Crippen LogP contribution in [0.3, 0.4) is 0 Å². The highest BCUT2D eigenvalue weighted by atomic mass is 35.5. The van der Waals surface area contributed by atoms with Gasteiger partial charge in [-0.3, -0.25) is 9.10 Å². The minimum atomic E-state index is -3.59. The van der Waals surface area contributed by atoms with Gasteiger partial charge in [-0.1, -0.05) is 23.7 Å². The second kappa shape index (κ2) is 9.78. The van der Waals surface area contributed by atoms with Crippen molar-refractivity contribution in [1.82, 2.24) is 5.32 Å². The molecule has 31 heavy (non-hydrogen) atoms. The Hall–Kier alpha value is -2.45. The van der Waals surface area contributed by atoms with E-state index in [-0.39, 0.29) is 18.6 Å². The zero-order valence-electron chi connectivity index (χ0n) is 17.8. The maximum atomic E-state index is 12.6. The Bertz CT molecular complexity index is 1020. The highest BCUT2D eigenvalue weighted by Crippen LogP contribution is 2.37. The van der Waals surface area contributed by atoms with E-state index in [1.165, 1.54) is 6.07 Å². The first-order valence-corrected chi connectivity index (χ1v) is 12.3. The molecule has 1 amide bonds. The van der Waals surface area contributed by atoms with E-state index in [2.05, 4.69) is 5.32 Å². The van der Waals surface area contributed by atoms with Crippen molar-refractivity contribution in [2.24, 2.45) is 0 Å². The summed E-state index contributed by atoms with van der Waals surface area (Å²) in [6.07, 6.45) is 1.83. The van der Waals surface area contributed by atoms with Crippen molar-refractivity contribution >= 4 is 33.2 Å². The molecule has 0 radical (unpaired) electrons. The molecule has 7 nitrogen and oxygen atoms in total. The van der Waals surface area contributed by atoms with E-state index >= 15 is 0 Å². The van der Waals surface area contributed by atoms with Crippen molar-refractivity contribution in [3.63, 3.8) is 0 Å². The van der Waals surface area contributed by atoms with Crippen LogP contribution in [0.25, 0.3) is 0 Å². The van der Waals surface area contributed by atoms with E-state index in [0.717, 1.165) is 34.7 Å². The average molecular weight is 467 g/mol. The van der Waals surface area contributed by atoms with Crippen LogP contribution in [0.4, 0.5) is 5.69 Å². The molecule has 0 saturated heterocycles. The van der Waals surface area contributed by atoms with E-state index in [1.54, 1.807) is 12.1 Å². The first-order chi connectivity index (χ1) is 14.6. The molecule has 0 saturated carbocycles. The summed E-state index contributed by atoms with van der Waals surface area (Å²) in [5.74, 6) is 0.790. The minimum Gasteiger partial charge on any atom is -0.491 e. The maximum absolute atomic E-state index is 12.6. The number of carbonyl (C=O) groups excluding carboxylic acids is 1. The molecular weight excluding hydrogens is 440 g/mol. The Labute approximate surface area is 188 Å². The molecule has 2 aromatic rings. The lowest BCUT2D eigenvalue weighted by Crippen LogP contribution is -2.50. The molecule has 3 rings (SSSR count). The third kappa shape index (κ3) is 6.27. The Kier molecular flexibility index (Phi) is 7.33. The first-order valence-electron chi connectivity index (χ1n) is 10.1. The second-order valence-corrected chi connectivity index (χ2v) is 10.1. The number of amides is 1. The third-order valence-electron chi connectivity index (χ3n) is 4.72. The Morgan fingerprint density at radius 3 is 2.61 bits per heavy atom. The number of benzene rings is 2. The molecule has 0 aliphatic carbocycles. The zero-order valence-corrected chi connectivity index (χ0v) is 19.4. The molecule has 0 bridgehead atoms. The van der Waals surface area contributed by atoms with Gasteiger partial charge in [0.1, 0.15) is 11.5 Å². The van der Waals surface area contributed by atoms with E-state index in [4.69, 9.17) is 21.1 Å². The summed E-state index contributed by atoms with van der Waals surface area (Å²) in [5.41, 5.74) is 1.48. The third-order valence-corrected chi connectivity index (χ3v) is 6.10. The van der Waals surface area contributed by atoms with Gasteiger partial charge in [0.2, 0.25) is 10.0 Å². The second-order valence-electron chi connectivity index (χ2n) is 7.72. The predicted molar refractivity (Wildman–Crippen MR) is 122 cm³/mol. The molecule has 168 valence electrons. The number of ether oxygens (including phenoxy) is 2. The van der Waals surface area contributed by atoms with Crippen molar-refractivity contribution in [1.29, 1.82) is 0 Å². The molecule has 1 aliphatic rings. The van der Waals surface area contributed by atoms with E-state index < -0.39 is 16.1 Å². The summed E-state index contributed by atoms with van der Waals surface area (Å²) < 4.78 is 37.0. The molecule has 2 aromatic carbocycles. The van der Waals surface area contributed by atoms with Crippen molar-refractivity contribution in [2.45, 2.75) is 38.9 Å². The number of hydrogen-bond acceptors (Lipinski definition) is 5. The predicted octanol–water partition coefficient (Wildman–Crippen LogP) is 3.40. The van der Waals surface area contributed by atoms with Gasteiger partial charge in [-0.2, -0.15) is 0 Å². The number of anilines is 1. The van der Waals surface area contributed by atoms with Crippen LogP contribution >= 0.6 is 11.6 Å². The van der Waals surface area contributed by atoms with Gasteiger partial charge in [-0.25, -0.2) is 8.42 Å². The fraction of sp³-hybridized carbons (Fsp3) is 0.409. The van der Waals surface area contributed by atoms with Crippen LogP contribution in [-0.2, 0) is 21.2 Å². The molecule has 1 aliphatic heterocycles. The molecular formula is C22H27ClN2O5S. The molecule has 1 N–H and O–H groups in total. The summed E-state index contributed by atoms with van der Waals surface area (Å²) in [5, 5.41) is 3.23. The maximum Gasteiger partial charge on any atom is 0.263 e. The van der Waals surface area contributed by atoms with Crippen LogP contribution < -0.4 is 19.1 Å². The highest BCUT2D eigenvalue weighted by molar-refractivity contribution is 7.92. The molecule has 0 fully saturated rings.